The summed E-state index contributed by atoms with van der Waals surface area (Å²) in [5.74, 6) is 1.08. The van der Waals surface area contributed by atoms with Gasteiger partial charge >= 0.3 is 0 Å². The number of hydrogen-bond donors (Lipinski definition) is 1. The fraction of sp³-hybridized carbons (Fsp3) is 0.625. The summed E-state index contributed by atoms with van der Waals surface area (Å²) in [5, 5.41) is 3.69. The molecule has 0 radical (unpaired) electrons. The molecule has 1 spiro atoms. The number of benzene rings is 1. The normalized spacial score (nSPS) is 30.3. The Balaban J connectivity index is 1.87. The number of hydrogen-bond acceptors (Lipinski definition) is 3. The molecular weight excluding hydrogens is 236 g/mol. The number of nitrogens with one attached hydrogen (secondary N) is 1. The van der Waals surface area contributed by atoms with Crippen LogP contribution >= 0.6 is 0 Å². The highest BCUT2D eigenvalue weighted by Gasteiger charge is 2.44. The van der Waals surface area contributed by atoms with Crippen LogP contribution in [0.15, 0.2) is 24.3 Å². The standard InChI is InChI=1S/C16H24N2O/c1-3-9-17-14-11-16(8-10-18(2)12-16)19-15-7-5-4-6-13(14)15/h4-7,14,17H,3,8-12H2,1-2H3. The van der Waals surface area contributed by atoms with Crippen molar-refractivity contribution in [1.82, 2.24) is 10.2 Å². The van der Waals surface area contributed by atoms with Crippen molar-refractivity contribution in [3.8, 4) is 5.75 Å². The maximum absolute atomic E-state index is 6.38. The quantitative estimate of drug-likeness (QED) is 0.904. The molecule has 0 aromatic heterocycles. The van der Waals surface area contributed by atoms with Crippen molar-refractivity contribution in [2.75, 3.05) is 26.7 Å². The van der Waals surface area contributed by atoms with Gasteiger partial charge in [-0.05, 0) is 26.1 Å². The van der Waals surface area contributed by atoms with Crippen LogP contribution in [0.25, 0.3) is 0 Å². The van der Waals surface area contributed by atoms with E-state index in [1.54, 1.807) is 0 Å². The Morgan fingerprint density at radius 1 is 1.42 bits per heavy atom. The van der Waals surface area contributed by atoms with Crippen LogP contribution in [-0.2, 0) is 0 Å². The van der Waals surface area contributed by atoms with Crippen LogP contribution in [0.1, 0.15) is 37.8 Å². The molecular formula is C16H24N2O. The van der Waals surface area contributed by atoms with Crippen LogP contribution in [0.5, 0.6) is 5.75 Å². The molecule has 2 unspecified atom stereocenters. The van der Waals surface area contributed by atoms with E-state index in [0.29, 0.717) is 6.04 Å². The first-order valence-corrected chi connectivity index (χ1v) is 7.42. The van der Waals surface area contributed by atoms with Gasteiger partial charge in [0.05, 0.1) is 0 Å². The van der Waals surface area contributed by atoms with Crippen LogP contribution < -0.4 is 10.1 Å². The van der Waals surface area contributed by atoms with Gasteiger partial charge in [0, 0.05) is 37.5 Å². The highest BCUT2D eigenvalue weighted by molar-refractivity contribution is 5.39. The van der Waals surface area contributed by atoms with Gasteiger partial charge in [0.15, 0.2) is 0 Å². The number of ether oxygens (including phenoxy) is 1. The molecule has 2 atom stereocenters. The number of fused-ring (bicyclic) bond motifs is 1. The van der Waals surface area contributed by atoms with Crippen molar-refractivity contribution in [2.24, 2.45) is 0 Å². The molecule has 2 heterocycles. The van der Waals surface area contributed by atoms with Gasteiger partial charge in [0.1, 0.15) is 11.4 Å². The van der Waals surface area contributed by atoms with Gasteiger partial charge in [-0.2, -0.15) is 0 Å². The highest BCUT2D eigenvalue weighted by atomic mass is 16.5. The number of nitrogens with zero attached hydrogens (tertiary/aromatic N) is 1. The fourth-order valence-corrected chi connectivity index (χ4v) is 3.41. The van der Waals surface area contributed by atoms with Crippen molar-refractivity contribution >= 4 is 0 Å². The minimum Gasteiger partial charge on any atom is -0.485 e. The lowest BCUT2D eigenvalue weighted by atomic mass is 9.86. The van der Waals surface area contributed by atoms with E-state index in [4.69, 9.17) is 4.74 Å². The number of para-hydroxylation sites is 1. The van der Waals surface area contributed by atoms with E-state index < -0.39 is 0 Å². The summed E-state index contributed by atoms with van der Waals surface area (Å²) in [6.45, 7) is 5.48. The lowest BCUT2D eigenvalue weighted by Crippen LogP contribution is -2.46. The Labute approximate surface area is 115 Å². The second kappa shape index (κ2) is 5.14. The SMILES string of the molecule is CCCNC1CC2(CCN(C)C2)Oc2ccccc21. The molecule has 104 valence electrons. The number of likely N-dealkylation sites (N-methyl/N-ethyl adjacent to an activating group) is 1. The minimum atomic E-state index is 0.0223. The average Bonchev–Trinajstić information content (AvgIpc) is 2.76. The maximum Gasteiger partial charge on any atom is 0.125 e. The van der Waals surface area contributed by atoms with Crippen LogP contribution in [0.4, 0.5) is 0 Å². The molecule has 3 nitrogen and oxygen atoms in total. The van der Waals surface area contributed by atoms with Crippen LogP contribution in [0, 0.1) is 0 Å². The predicted molar refractivity (Wildman–Crippen MR) is 77.6 cm³/mol. The largest absolute Gasteiger partial charge is 0.485 e. The number of likely N-dealkylation sites (tertiary alicyclic amines) is 1. The maximum atomic E-state index is 6.38. The van der Waals surface area contributed by atoms with E-state index in [0.717, 1.165) is 38.2 Å². The van der Waals surface area contributed by atoms with E-state index in [1.165, 1.54) is 12.0 Å². The van der Waals surface area contributed by atoms with E-state index in [-0.39, 0.29) is 5.60 Å². The Bertz CT molecular complexity index is 448. The minimum absolute atomic E-state index is 0.0223. The molecule has 19 heavy (non-hydrogen) atoms. The highest BCUT2D eigenvalue weighted by Crippen LogP contribution is 2.43. The summed E-state index contributed by atoms with van der Waals surface area (Å²) >= 11 is 0. The van der Waals surface area contributed by atoms with Crippen molar-refractivity contribution in [3.63, 3.8) is 0 Å². The monoisotopic (exact) mass is 260 g/mol. The van der Waals surface area contributed by atoms with Gasteiger partial charge < -0.3 is 15.0 Å². The third-order valence-electron chi connectivity index (χ3n) is 4.34. The molecule has 0 saturated carbocycles. The average molecular weight is 260 g/mol. The molecule has 0 amide bonds. The topological polar surface area (TPSA) is 24.5 Å². The molecule has 1 N–H and O–H groups in total. The van der Waals surface area contributed by atoms with Crippen molar-refractivity contribution in [3.05, 3.63) is 29.8 Å². The van der Waals surface area contributed by atoms with E-state index in [9.17, 15) is 0 Å². The first kappa shape index (κ1) is 12.9. The Morgan fingerprint density at radius 2 is 2.26 bits per heavy atom. The second-order valence-electron chi connectivity index (χ2n) is 6.02. The lowest BCUT2D eigenvalue weighted by molar-refractivity contribution is 0.0408. The molecule has 0 aliphatic carbocycles. The summed E-state index contributed by atoms with van der Waals surface area (Å²) in [6.07, 6.45) is 3.41. The van der Waals surface area contributed by atoms with Gasteiger partial charge in [-0.25, -0.2) is 0 Å². The van der Waals surface area contributed by atoms with Crippen molar-refractivity contribution < 1.29 is 4.74 Å². The van der Waals surface area contributed by atoms with Crippen LogP contribution in [0.3, 0.4) is 0 Å². The summed E-state index contributed by atoms with van der Waals surface area (Å²) in [6, 6.07) is 8.95. The van der Waals surface area contributed by atoms with E-state index >= 15 is 0 Å². The Morgan fingerprint density at radius 3 is 3.00 bits per heavy atom. The molecule has 1 fully saturated rings. The smallest absolute Gasteiger partial charge is 0.125 e. The zero-order valence-electron chi connectivity index (χ0n) is 12.0. The summed E-state index contributed by atoms with van der Waals surface area (Å²) < 4.78 is 6.38. The first-order valence-electron chi connectivity index (χ1n) is 7.42. The molecule has 1 aromatic rings. The van der Waals surface area contributed by atoms with Crippen LogP contribution in [0.2, 0.25) is 0 Å². The summed E-state index contributed by atoms with van der Waals surface area (Å²) in [5.41, 5.74) is 1.35. The first-order chi connectivity index (χ1) is 9.22. The zero-order valence-corrected chi connectivity index (χ0v) is 12.0. The fourth-order valence-electron chi connectivity index (χ4n) is 3.41. The molecule has 3 rings (SSSR count). The van der Waals surface area contributed by atoms with Gasteiger partial charge in [0.25, 0.3) is 0 Å². The summed E-state index contributed by atoms with van der Waals surface area (Å²) in [4.78, 5) is 2.38. The van der Waals surface area contributed by atoms with Crippen molar-refractivity contribution in [2.45, 2.75) is 37.8 Å². The Hall–Kier alpha value is -1.06. The third kappa shape index (κ3) is 2.49. The molecule has 3 heteroatoms. The van der Waals surface area contributed by atoms with Gasteiger partial charge in [-0.3, -0.25) is 0 Å². The number of rotatable bonds is 3. The van der Waals surface area contributed by atoms with E-state index in [2.05, 4.69) is 48.5 Å². The van der Waals surface area contributed by atoms with Crippen LogP contribution in [-0.4, -0.2) is 37.2 Å². The molecule has 2 aliphatic heterocycles. The predicted octanol–water partition coefficient (Wildman–Crippen LogP) is 2.58. The Kier molecular flexibility index (Phi) is 3.50. The van der Waals surface area contributed by atoms with E-state index in [1.807, 2.05) is 0 Å². The van der Waals surface area contributed by atoms with Gasteiger partial charge in [-0.1, -0.05) is 25.1 Å². The third-order valence-corrected chi connectivity index (χ3v) is 4.34. The molecule has 2 aliphatic rings. The van der Waals surface area contributed by atoms with Crippen molar-refractivity contribution in [1.29, 1.82) is 0 Å². The molecule has 1 saturated heterocycles. The van der Waals surface area contributed by atoms with Gasteiger partial charge in [0.2, 0.25) is 0 Å². The lowest BCUT2D eigenvalue weighted by Gasteiger charge is -2.40. The van der Waals surface area contributed by atoms with Gasteiger partial charge in [-0.15, -0.1) is 0 Å². The second-order valence-corrected chi connectivity index (χ2v) is 6.02. The molecule has 0 bridgehead atoms. The summed E-state index contributed by atoms with van der Waals surface area (Å²) in [7, 11) is 2.19. The zero-order chi connectivity index (χ0) is 13.3. The molecule has 1 aromatic carbocycles.